The molecule has 1 saturated heterocycles. The van der Waals surface area contributed by atoms with Crippen LogP contribution in [0.25, 0.3) is 22.3 Å². The van der Waals surface area contributed by atoms with Gasteiger partial charge in [0, 0.05) is 36.1 Å². The van der Waals surface area contributed by atoms with Gasteiger partial charge in [-0.15, -0.1) is 0 Å². The summed E-state index contributed by atoms with van der Waals surface area (Å²) in [5.74, 6) is 0.922. The first kappa shape index (κ1) is 18.1. The summed E-state index contributed by atoms with van der Waals surface area (Å²) in [6.45, 7) is 3.36. The van der Waals surface area contributed by atoms with Crippen LogP contribution in [-0.4, -0.2) is 43.5 Å². The van der Waals surface area contributed by atoms with Crippen LogP contribution in [0.4, 0.5) is 11.5 Å². The van der Waals surface area contributed by atoms with Gasteiger partial charge in [-0.2, -0.15) is 0 Å². The SMILES string of the molecule is COc1cc(-c2cc(-c3ccc(N4CCOCC4)cc3)cnc2N)ccc1O. The Kier molecular flexibility index (Phi) is 5.04. The summed E-state index contributed by atoms with van der Waals surface area (Å²) in [7, 11) is 1.52. The molecule has 0 bridgehead atoms. The minimum Gasteiger partial charge on any atom is -0.504 e. The zero-order valence-corrected chi connectivity index (χ0v) is 15.8. The first-order valence-corrected chi connectivity index (χ1v) is 9.22. The van der Waals surface area contributed by atoms with Crippen LogP contribution in [0.2, 0.25) is 0 Å². The molecular weight excluding hydrogens is 354 g/mol. The lowest BCUT2D eigenvalue weighted by Gasteiger charge is -2.28. The lowest BCUT2D eigenvalue weighted by molar-refractivity contribution is 0.122. The summed E-state index contributed by atoms with van der Waals surface area (Å²) >= 11 is 0. The average Bonchev–Trinajstić information content (AvgIpc) is 2.75. The summed E-state index contributed by atoms with van der Waals surface area (Å²) in [5.41, 5.74) is 11.0. The Morgan fingerprint density at radius 2 is 1.71 bits per heavy atom. The van der Waals surface area contributed by atoms with Crippen molar-refractivity contribution in [3.05, 3.63) is 54.7 Å². The number of nitrogens with two attached hydrogens (primary N) is 1. The smallest absolute Gasteiger partial charge is 0.161 e. The summed E-state index contributed by atoms with van der Waals surface area (Å²) in [5, 5.41) is 9.83. The van der Waals surface area contributed by atoms with Gasteiger partial charge in [-0.1, -0.05) is 18.2 Å². The van der Waals surface area contributed by atoms with E-state index in [1.807, 2.05) is 6.07 Å². The predicted molar refractivity (Wildman–Crippen MR) is 111 cm³/mol. The number of rotatable bonds is 4. The minimum absolute atomic E-state index is 0.0904. The molecule has 0 amide bonds. The van der Waals surface area contributed by atoms with Crippen LogP contribution in [0.1, 0.15) is 0 Å². The van der Waals surface area contributed by atoms with Crippen LogP contribution in [0.15, 0.2) is 54.7 Å². The molecule has 3 N–H and O–H groups in total. The van der Waals surface area contributed by atoms with E-state index in [0.29, 0.717) is 11.6 Å². The molecule has 1 fully saturated rings. The van der Waals surface area contributed by atoms with E-state index in [4.69, 9.17) is 15.2 Å². The first-order valence-electron chi connectivity index (χ1n) is 9.22. The minimum atomic E-state index is 0.0904. The van der Waals surface area contributed by atoms with Crippen LogP contribution in [0.3, 0.4) is 0 Å². The predicted octanol–water partition coefficient (Wildman–Crippen LogP) is 3.55. The standard InChI is InChI=1S/C22H23N3O3/c1-27-21-13-16(4-7-20(21)26)19-12-17(14-24-22(19)23)15-2-5-18(6-3-15)25-8-10-28-11-9-25/h2-7,12-14,26H,8-11H2,1H3,(H2,23,24). The van der Waals surface area contributed by atoms with Gasteiger partial charge >= 0.3 is 0 Å². The molecule has 0 aliphatic carbocycles. The molecule has 0 atom stereocenters. The van der Waals surface area contributed by atoms with Crippen molar-refractivity contribution in [2.24, 2.45) is 0 Å². The molecule has 0 saturated carbocycles. The summed E-state index contributed by atoms with van der Waals surface area (Å²) in [6, 6.07) is 15.6. The summed E-state index contributed by atoms with van der Waals surface area (Å²) < 4.78 is 10.6. The van der Waals surface area contributed by atoms with E-state index >= 15 is 0 Å². The Hall–Kier alpha value is -3.25. The van der Waals surface area contributed by atoms with Gasteiger partial charge in [-0.05, 0) is 41.5 Å². The third kappa shape index (κ3) is 3.59. The highest BCUT2D eigenvalue weighted by Crippen LogP contribution is 2.35. The zero-order valence-electron chi connectivity index (χ0n) is 15.8. The van der Waals surface area contributed by atoms with Crippen molar-refractivity contribution < 1.29 is 14.6 Å². The molecule has 0 unspecified atom stereocenters. The first-order chi connectivity index (χ1) is 13.7. The lowest BCUT2D eigenvalue weighted by Crippen LogP contribution is -2.36. The van der Waals surface area contributed by atoms with Gasteiger partial charge in [0.2, 0.25) is 0 Å². The topological polar surface area (TPSA) is 80.8 Å². The van der Waals surface area contributed by atoms with Crippen LogP contribution in [0.5, 0.6) is 11.5 Å². The molecule has 1 aliphatic rings. The molecule has 0 radical (unpaired) electrons. The molecule has 6 heteroatoms. The number of benzene rings is 2. The Balaban J connectivity index is 1.65. The number of aromatic nitrogens is 1. The van der Waals surface area contributed by atoms with Crippen LogP contribution >= 0.6 is 0 Å². The highest BCUT2D eigenvalue weighted by atomic mass is 16.5. The Bertz CT molecular complexity index is 967. The summed E-state index contributed by atoms with van der Waals surface area (Å²) in [4.78, 5) is 6.69. The van der Waals surface area contributed by atoms with Gasteiger partial charge in [-0.3, -0.25) is 0 Å². The van der Waals surface area contributed by atoms with Crippen LogP contribution < -0.4 is 15.4 Å². The molecule has 6 nitrogen and oxygen atoms in total. The van der Waals surface area contributed by atoms with E-state index in [1.54, 1.807) is 24.4 Å². The summed E-state index contributed by atoms with van der Waals surface area (Å²) in [6.07, 6.45) is 1.78. The lowest BCUT2D eigenvalue weighted by atomic mass is 10.0. The zero-order chi connectivity index (χ0) is 19.5. The molecule has 1 aromatic heterocycles. The van der Waals surface area contributed by atoms with Crippen molar-refractivity contribution in [2.75, 3.05) is 44.0 Å². The molecule has 144 valence electrons. The maximum atomic E-state index is 9.83. The molecule has 4 rings (SSSR count). The number of hydrogen-bond donors (Lipinski definition) is 2. The van der Waals surface area contributed by atoms with Crippen LogP contribution in [-0.2, 0) is 4.74 Å². The van der Waals surface area contributed by atoms with E-state index in [2.05, 4.69) is 34.1 Å². The molecule has 2 heterocycles. The Morgan fingerprint density at radius 1 is 1.00 bits per heavy atom. The van der Waals surface area contributed by atoms with E-state index in [1.165, 1.54) is 12.8 Å². The number of nitrogens with zero attached hydrogens (tertiary/aromatic N) is 2. The number of pyridine rings is 1. The Labute approximate surface area is 164 Å². The molecular formula is C22H23N3O3. The van der Waals surface area contributed by atoms with Gasteiger partial charge in [0.15, 0.2) is 11.5 Å². The third-order valence-electron chi connectivity index (χ3n) is 4.99. The van der Waals surface area contributed by atoms with Gasteiger partial charge in [0.25, 0.3) is 0 Å². The van der Waals surface area contributed by atoms with Crippen molar-refractivity contribution in [3.8, 4) is 33.8 Å². The van der Waals surface area contributed by atoms with Gasteiger partial charge < -0.3 is 25.2 Å². The van der Waals surface area contributed by atoms with Crippen molar-refractivity contribution in [2.45, 2.75) is 0 Å². The molecule has 2 aromatic carbocycles. The van der Waals surface area contributed by atoms with Gasteiger partial charge in [-0.25, -0.2) is 4.98 Å². The average molecular weight is 377 g/mol. The second kappa shape index (κ2) is 7.78. The van der Waals surface area contributed by atoms with Crippen molar-refractivity contribution in [3.63, 3.8) is 0 Å². The highest BCUT2D eigenvalue weighted by Gasteiger charge is 2.13. The van der Waals surface area contributed by atoms with Crippen molar-refractivity contribution in [1.29, 1.82) is 0 Å². The van der Waals surface area contributed by atoms with Gasteiger partial charge in [0.05, 0.1) is 20.3 Å². The fourth-order valence-electron chi connectivity index (χ4n) is 3.40. The number of phenols is 1. The van der Waals surface area contributed by atoms with Crippen molar-refractivity contribution >= 4 is 11.5 Å². The monoisotopic (exact) mass is 377 g/mol. The maximum absolute atomic E-state index is 9.83. The van der Waals surface area contributed by atoms with Crippen molar-refractivity contribution in [1.82, 2.24) is 4.98 Å². The number of anilines is 2. The number of phenolic OH excluding ortho intramolecular Hbond substituents is 1. The number of morpholine rings is 1. The van der Waals surface area contributed by atoms with E-state index in [0.717, 1.165) is 48.6 Å². The molecule has 3 aromatic rings. The molecule has 0 spiro atoms. The van der Waals surface area contributed by atoms with Crippen LogP contribution in [0, 0.1) is 0 Å². The number of aromatic hydroxyl groups is 1. The third-order valence-corrected chi connectivity index (χ3v) is 4.99. The second-order valence-electron chi connectivity index (χ2n) is 6.69. The number of ether oxygens (including phenoxy) is 2. The van der Waals surface area contributed by atoms with E-state index in [-0.39, 0.29) is 5.75 Å². The normalized spacial score (nSPS) is 14.1. The van der Waals surface area contributed by atoms with E-state index in [9.17, 15) is 5.11 Å². The fourth-order valence-corrected chi connectivity index (χ4v) is 3.40. The highest BCUT2D eigenvalue weighted by molar-refractivity contribution is 5.80. The number of hydrogen-bond acceptors (Lipinski definition) is 6. The largest absolute Gasteiger partial charge is 0.504 e. The molecule has 1 aliphatic heterocycles. The van der Waals surface area contributed by atoms with Gasteiger partial charge in [0.1, 0.15) is 5.82 Å². The quantitative estimate of drug-likeness (QED) is 0.724. The fraction of sp³-hybridized carbons (Fsp3) is 0.227. The second-order valence-corrected chi connectivity index (χ2v) is 6.69. The number of nitrogen functional groups attached to an aromatic ring is 1. The van der Waals surface area contributed by atoms with E-state index < -0.39 is 0 Å². The maximum Gasteiger partial charge on any atom is 0.161 e. The number of methoxy groups -OCH3 is 1. The molecule has 28 heavy (non-hydrogen) atoms. The Morgan fingerprint density at radius 3 is 2.43 bits per heavy atom.